The summed E-state index contributed by atoms with van der Waals surface area (Å²) >= 11 is 3.15. The monoisotopic (exact) mass is 284 g/mol. The summed E-state index contributed by atoms with van der Waals surface area (Å²) in [5, 5.41) is 7.65. The van der Waals surface area contributed by atoms with E-state index in [0.29, 0.717) is 10.4 Å². The summed E-state index contributed by atoms with van der Waals surface area (Å²) in [7, 11) is 0. The first-order chi connectivity index (χ1) is 7.58. The largest absolute Gasteiger partial charge is 0.369 e. The Bertz CT molecular complexity index is 434. The average molecular weight is 285 g/mol. The van der Waals surface area contributed by atoms with Crippen LogP contribution in [0, 0.1) is 5.92 Å². The molecule has 1 aliphatic heterocycles. The average Bonchev–Trinajstić information content (AvgIpc) is 2.62. The maximum atomic E-state index is 11.6. The maximum Gasteiger partial charge on any atom is 0.229 e. The first-order valence-corrected chi connectivity index (χ1v) is 5.46. The fourth-order valence-corrected chi connectivity index (χ4v) is 1.78. The van der Waals surface area contributed by atoms with Gasteiger partial charge in [0.05, 0.1) is 5.92 Å². The van der Waals surface area contributed by atoms with Gasteiger partial charge in [-0.3, -0.25) is 14.5 Å². The normalized spacial score (nSPS) is 20.2. The van der Waals surface area contributed by atoms with Crippen LogP contribution in [0.1, 0.15) is 6.42 Å². The van der Waals surface area contributed by atoms with E-state index in [-0.39, 0.29) is 18.9 Å². The Morgan fingerprint density at radius 2 is 2.25 bits per heavy atom. The highest BCUT2D eigenvalue weighted by atomic mass is 79.9. The van der Waals surface area contributed by atoms with Crippen molar-refractivity contribution in [2.45, 2.75) is 6.42 Å². The van der Waals surface area contributed by atoms with Crippen LogP contribution in [-0.4, -0.2) is 28.6 Å². The van der Waals surface area contributed by atoms with Gasteiger partial charge in [-0.05, 0) is 28.1 Å². The number of carbonyl (C=O) groups excluding carboxylic acids is 2. The van der Waals surface area contributed by atoms with Gasteiger partial charge in [0, 0.05) is 13.0 Å². The van der Waals surface area contributed by atoms with Gasteiger partial charge in [0.2, 0.25) is 11.8 Å². The van der Waals surface area contributed by atoms with Crippen molar-refractivity contribution < 1.29 is 9.59 Å². The molecule has 7 heteroatoms. The highest BCUT2D eigenvalue weighted by Gasteiger charge is 2.34. The van der Waals surface area contributed by atoms with Crippen molar-refractivity contribution in [1.29, 1.82) is 0 Å². The number of amides is 2. The molecule has 1 unspecified atom stereocenters. The summed E-state index contributed by atoms with van der Waals surface area (Å²) in [6.07, 6.45) is 0.146. The first-order valence-electron chi connectivity index (χ1n) is 4.67. The zero-order chi connectivity index (χ0) is 11.7. The summed E-state index contributed by atoms with van der Waals surface area (Å²) in [5.74, 6) is -0.601. The molecule has 2 rings (SSSR count). The number of carbonyl (C=O) groups is 2. The van der Waals surface area contributed by atoms with Crippen molar-refractivity contribution in [3.63, 3.8) is 0 Å². The number of nitrogens with zero attached hydrogens (tertiary/aromatic N) is 3. The molecule has 16 heavy (non-hydrogen) atoms. The first kappa shape index (κ1) is 11.0. The molecule has 2 N–H and O–H groups in total. The molecule has 1 aliphatic rings. The van der Waals surface area contributed by atoms with Crippen LogP contribution in [0.15, 0.2) is 16.7 Å². The van der Waals surface area contributed by atoms with Gasteiger partial charge < -0.3 is 5.73 Å². The minimum absolute atomic E-state index is 0.146. The highest BCUT2D eigenvalue weighted by molar-refractivity contribution is 9.10. The van der Waals surface area contributed by atoms with Crippen LogP contribution in [0.25, 0.3) is 0 Å². The number of hydrogen-bond donors (Lipinski definition) is 1. The molecule has 1 atom stereocenters. The molecule has 0 spiro atoms. The van der Waals surface area contributed by atoms with Crippen LogP contribution >= 0.6 is 15.9 Å². The smallest absolute Gasteiger partial charge is 0.229 e. The number of halogens is 1. The summed E-state index contributed by atoms with van der Waals surface area (Å²) < 4.78 is 0.592. The predicted molar refractivity (Wildman–Crippen MR) is 59.4 cm³/mol. The lowest BCUT2D eigenvalue weighted by molar-refractivity contribution is -0.123. The molecule has 1 fully saturated rings. The lowest BCUT2D eigenvalue weighted by atomic mass is 10.1. The maximum absolute atomic E-state index is 11.6. The van der Waals surface area contributed by atoms with Gasteiger partial charge in [-0.15, -0.1) is 10.2 Å². The van der Waals surface area contributed by atoms with E-state index in [4.69, 9.17) is 5.73 Å². The Morgan fingerprint density at radius 1 is 1.50 bits per heavy atom. The minimum Gasteiger partial charge on any atom is -0.369 e. The Hall–Kier alpha value is -1.50. The van der Waals surface area contributed by atoms with Crippen molar-refractivity contribution >= 4 is 33.6 Å². The van der Waals surface area contributed by atoms with Gasteiger partial charge in [-0.25, -0.2) is 0 Å². The zero-order valence-corrected chi connectivity index (χ0v) is 9.85. The lowest BCUT2D eigenvalue weighted by Gasteiger charge is -2.13. The quantitative estimate of drug-likeness (QED) is 0.833. The fraction of sp³-hybridized carbons (Fsp3) is 0.333. The number of primary amides is 1. The van der Waals surface area contributed by atoms with E-state index in [1.165, 1.54) is 4.90 Å². The Kier molecular flexibility index (Phi) is 2.86. The summed E-state index contributed by atoms with van der Waals surface area (Å²) in [6.45, 7) is 0.282. The van der Waals surface area contributed by atoms with E-state index >= 15 is 0 Å². The van der Waals surface area contributed by atoms with Crippen molar-refractivity contribution in [1.82, 2.24) is 10.2 Å². The van der Waals surface area contributed by atoms with E-state index in [2.05, 4.69) is 26.1 Å². The zero-order valence-electron chi connectivity index (χ0n) is 8.26. The molecule has 1 saturated heterocycles. The summed E-state index contributed by atoms with van der Waals surface area (Å²) in [6, 6.07) is 3.35. The molecule has 84 valence electrons. The van der Waals surface area contributed by atoms with Gasteiger partial charge in [-0.2, -0.15) is 0 Å². The van der Waals surface area contributed by atoms with Crippen LogP contribution in [0.3, 0.4) is 0 Å². The second-order valence-electron chi connectivity index (χ2n) is 3.52. The lowest BCUT2D eigenvalue weighted by Crippen LogP contribution is -2.29. The van der Waals surface area contributed by atoms with Gasteiger partial charge >= 0.3 is 0 Å². The molecular weight excluding hydrogens is 276 g/mol. The van der Waals surface area contributed by atoms with Crippen LogP contribution < -0.4 is 10.6 Å². The number of anilines is 1. The van der Waals surface area contributed by atoms with Crippen LogP contribution in [0.4, 0.5) is 5.82 Å². The van der Waals surface area contributed by atoms with Gasteiger partial charge in [0.15, 0.2) is 5.82 Å². The third-order valence-electron chi connectivity index (χ3n) is 2.42. The van der Waals surface area contributed by atoms with E-state index < -0.39 is 11.8 Å². The van der Waals surface area contributed by atoms with Gasteiger partial charge in [0.25, 0.3) is 0 Å². The molecule has 0 bridgehead atoms. The SMILES string of the molecule is NC(=O)C1CC(=O)N(c2ccc(Br)nn2)C1. The van der Waals surface area contributed by atoms with Crippen molar-refractivity contribution in [3.8, 4) is 0 Å². The second-order valence-corrected chi connectivity index (χ2v) is 4.33. The fourth-order valence-electron chi connectivity index (χ4n) is 1.57. The molecule has 2 heterocycles. The molecule has 0 aliphatic carbocycles. The van der Waals surface area contributed by atoms with Crippen molar-refractivity contribution in [2.75, 3.05) is 11.4 Å². The Labute approximate surface area is 99.9 Å². The van der Waals surface area contributed by atoms with E-state index in [1.807, 2.05) is 0 Å². The number of rotatable bonds is 2. The van der Waals surface area contributed by atoms with Gasteiger partial charge in [0.1, 0.15) is 4.60 Å². The Balaban J connectivity index is 2.20. The molecule has 1 aromatic rings. The van der Waals surface area contributed by atoms with Crippen molar-refractivity contribution in [3.05, 3.63) is 16.7 Å². The topological polar surface area (TPSA) is 89.2 Å². The van der Waals surface area contributed by atoms with E-state index in [0.717, 1.165) is 0 Å². The third-order valence-corrected chi connectivity index (χ3v) is 2.84. The van der Waals surface area contributed by atoms with Crippen molar-refractivity contribution in [2.24, 2.45) is 11.7 Å². The molecule has 1 aromatic heterocycles. The molecule has 6 nitrogen and oxygen atoms in total. The second kappa shape index (κ2) is 4.17. The molecular formula is C9H9BrN4O2. The van der Waals surface area contributed by atoms with Crippen LogP contribution in [0.2, 0.25) is 0 Å². The van der Waals surface area contributed by atoms with Crippen LogP contribution in [0.5, 0.6) is 0 Å². The number of nitrogens with two attached hydrogens (primary N) is 1. The predicted octanol–water partition coefficient (Wildman–Crippen LogP) is 0.0773. The number of aromatic nitrogens is 2. The molecule has 0 radical (unpaired) electrons. The van der Waals surface area contributed by atoms with E-state index in [9.17, 15) is 9.59 Å². The highest BCUT2D eigenvalue weighted by Crippen LogP contribution is 2.23. The standard InChI is InChI=1S/C9H9BrN4O2/c10-6-1-2-7(13-12-6)14-4-5(9(11)16)3-8(14)15/h1-2,5H,3-4H2,(H2,11,16). The number of hydrogen-bond acceptors (Lipinski definition) is 4. The van der Waals surface area contributed by atoms with Crippen LogP contribution in [-0.2, 0) is 9.59 Å². The minimum atomic E-state index is -0.457. The van der Waals surface area contributed by atoms with E-state index in [1.54, 1.807) is 12.1 Å². The molecule has 0 aromatic carbocycles. The molecule has 2 amide bonds. The van der Waals surface area contributed by atoms with Gasteiger partial charge in [-0.1, -0.05) is 0 Å². The molecule has 0 saturated carbocycles. The Morgan fingerprint density at radius 3 is 2.75 bits per heavy atom. The summed E-state index contributed by atoms with van der Waals surface area (Å²) in [5.41, 5.74) is 5.16. The third kappa shape index (κ3) is 2.04. The summed E-state index contributed by atoms with van der Waals surface area (Å²) in [4.78, 5) is 24.0.